The van der Waals surface area contributed by atoms with E-state index in [-0.39, 0.29) is 27.4 Å². The molecule has 1 unspecified atom stereocenters. The van der Waals surface area contributed by atoms with E-state index in [2.05, 4.69) is 23.5 Å². The fourth-order valence-electron chi connectivity index (χ4n) is 4.65. The number of nitrogens with one attached hydrogen (secondary N) is 1. The molecule has 2 aromatic rings. The molecule has 2 aromatic carbocycles. The predicted octanol–water partition coefficient (Wildman–Crippen LogP) is 5.27. The van der Waals surface area contributed by atoms with Crippen molar-refractivity contribution in [3.05, 3.63) is 63.7 Å². The van der Waals surface area contributed by atoms with E-state index < -0.39 is 10.0 Å². The van der Waals surface area contributed by atoms with Crippen LogP contribution in [0.2, 0.25) is 5.02 Å². The van der Waals surface area contributed by atoms with Gasteiger partial charge in [0.25, 0.3) is 5.91 Å². The highest BCUT2D eigenvalue weighted by Crippen LogP contribution is 2.27. The second-order valence-corrected chi connectivity index (χ2v) is 11.2. The van der Waals surface area contributed by atoms with Crippen molar-refractivity contribution < 1.29 is 13.2 Å². The number of benzene rings is 2. The summed E-state index contributed by atoms with van der Waals surface area (Å²) in [5, 5.41) is 3.24. The lowest BCUT2D eigenvalue weighted by Crippen LogP contribution is -2.32. The van der Waals surface area contributed by atoms with E-state index in [1.54, 1.807) is 0 Å². The van der Waals surface area contributed by atoms with Crippen molar-refractivity contribution >= 4 is 27.5 Å². The average molecular weight is 475 g/mol. The lowest BCUT2D eigenvalue weighted by atomic mass is 9.89. The van der Waals surface area contributed by atoms with Crippen molar-refractivity contribution in [1.29, 1.82) is 0 Å². The van der Waals surface area contributed by atoms with Crippen molar-refractivity contribution in [2.45, 2.75) is 69.2 Å². The van der Waals surface area contributed by atoms with Crippen LogP contribution >= 0.6 is 11.6 Å². The van der Waals surface area contributed by atoms with Crippen LogP contribution in [0.5, 0.6) is 0 Å². The number of aryl methyl sites for hydroxylation is 2. The molecule has 1 aliphatic heterocycles. The predicted molar refractivity (Wildman–Crippen MR) is 128 cm³/mol. The molecule has 5 nitrogen and oxygen atoms in total. The third kappa shape index (κ3) is 5.03. The summed E-state index contributed by atoms with van der Waals surface area (Å²) in [4.78, 5) is 13.2. The van der Waals surface area contributed by atoms with E-state index in [0.717, 1.165) is 44.1 Å². The van der Waals surface area contributed by atoms with Gasteiger partial charge >= 0.3 is 0 Å². The Morgan fingerprint density at radius 1 is 0.938 bits per heavy atom. The molecule has 32 heavy (non-hydrogen) atoms. The van der Waals surface area contributed by atoms with E-state index in [0.29, 0.717) is 13.1 Å². The first-order chi connectivity index (χ1) is 15.4. The molecule has 172 valence electrons. The Morgan fingerprint density at radius 3 is 2.34 bits per heavy atom. The van der Waals surface area contributed by atoms with Gasteiger partial charge in [-0.2, -0.15) is 4.31 Å². The molecule has 1 aliphatic carbocycles. The van der Waals surface area contributed by atoms with Crippen molar-refractivity contribution in [3.63, 3.8) is 0 Å². The fourth-order valence-corrected chi connectivity index (χ4v) is 6.40. The first-order valence-electron chi connectivity index (χ1n) is 11.6. The number of hydrogen-bond acceptors (Lipinski definition) is 3. The fraction of sp³-hybridized carbons (Fsp3) is 0.480. The van der Waals surface area contributed by atoms with Gasteiger partial charge in [0, 0.05) is 13.1 Å². The molecule has 2 aliphatic rings. The van der Waals surface area contributed by atoms with Crippen molar-refractivity contribution in [2.75, 3.05) is 13.1 Å². The monoisotopic (exact) mass is 474 g/mol. The van der Waals surface area contributed by atoms with E-state index >= 15 is 0 Å². The van der Waals surface area contributed by atoms with Gasteiger partial charge in [-0.25, -0.2) is 8.42 Å². The van der Waals surface area contributed by atoms with Gasteiger partial charge in [0.1, 0.15) is 0 Å². The van der Waals surface area contributed by atoms with Gasteiger partial charge in [-0.05, 0) is 80.3 Å². The Bertz CT molecular complexity index is 1090. The van der Waals surface area contributed by atoms with Crippen molar-refractivity contribution in [2.24, 2.45) is 0 Å². The standard InChI is InChI=1S/C25H31ClN2O3S/c1-18(20-11-10-19-8-4-5-9-21(19)16-20)27-25(29)23-17-22(12-13-24(23)26)32(30,31)28-14-6-2-3-7-15-28/h10-13,16-18H,2-9,14-15H2,1H3,(H,27,29). The molecule has 0 radical (unpaired) electrons. The lowest BCUT2D eigenvalue weighted by molar-refractivity contribution is 0.0940. The number of hydrogen-bond donors (Lipinski definition) is 1. The largest absolute Gasteiger partial charge is 0.345 e. The number of amides is 1. The highest BCUT2D eigenvalue weighted by atomic mass is 35.5. The molecule has 1 amide bonds. The molecule has 7 heteroatoms. The first kappa shape index (κ1) is 23.3. The molecule has 0 bridgehead atoms. The summed E-state index contributed by atoms with van der Waals surface area (Å²) in [5.41, 5.74) is 3.99. The van der Waals surface area contributed by atoms with E-state index in [1.165, 1.54) is 46.5 Å². The molecule has 4 rings (SSSR count). The van der Waals surface area contributed by atoms with Crippen molar-refractivity contribution in [3.8, 4) is 0 Å². The average Bonchev–Trinajstić information content (AvgIpc) is 3.09. The minimum atomic E-state index is -3.65. The van der Waals surface area contributed by atoms with Crippen LogP contribution in [0.15, 0.2) is 41.3 Å². The maximum absolute atomic E-state index is 13.2. The summed E-state index contributed by atoms with van der Waals surface area (Å²) >= 11 is 6.31. The van der Waals surface area contributed by atoms with Gasteiger partial charge in [0.15, 0.2) is 0 Å². The molecule has 0 aromatic heterocycles. The summed E-state index contributed by atoms with van der Waals surface area (Å²) in [6, 6.07) is 10.6. The Hall–Kier alpha value is -1.89. The first-order valence-corrected chi connectivity index (χ1v) is 13.4. The van der Waals surface area contributed by atoms with E-state index in [4.69, 9.17) is 11.6 Å². The van der Waals surface area contributed by atoms with Crippen LogP contribution in [0, 0.1) is 0 Å². The zero-order valence-electron chi connectivity index (χ0n) is 18.6. The highest BCUT2D eigenvalue weighted by molar-refractivity contribution is 7.89. The smallest absolute Gasteiger partial charge is 0.253 e. The van der Waals surface area contributed by atoms with E-state index in [9.17, 15) is 13.2 Å². The van der Waals surface area contributed by atoms with Gasteiger partial charge in [0.2, 0.25) is 10.0 Å². The van der Waals surface area contributed by atoms with Crippen molar-refractivity contribution in [1.82, 2.24) is 9.62 Å². The molecule has 0 spiro atoms. The molecule has 1 atom stereocenters. The van der Waals surface area contributed by atoms with Gasteiger partial charge in [-0.15, -0.1) is 0 Å². The third-order valence-corrected chi connectivity index (χ3v) is 8.83. The summed E-state index contributed by atoms with van der Waals surface area (Å²) in [6.45, 7) is 2.97. The topological polar surface area (TPSA) is 66.5 Å². The summed E-state index contributed by atoms with van der Waals surface area (Å²) in [7, 11) is -3.65. The number of carbonyl (C=O) groups is 1. The van der Waals surface area contributed by atoms with Crippen LogP contribution in [0.3, 0.4) is 0 Å². The number of halogens is 1. The minimum absolute atomic E-state index is 0.121. The second-order valence-electron chi connectivity index (χ2n) is 8.89. The molecule has 1 fully saturated rings. The molecule has 1 heterocycles. The van der Waals surface area contributed by atoms with Crippen LogP contribution in [0.4, 0.5) is 0 Å². The highest BCUT2D eigenvalue weighted by Gasteiger charge is 2.27. The summed E-state index contributed by atoms with van der Waals surface area (Å²) < 4.78 is 27.8. The van der Waals surface area contributed by atoms with E-state index in [1.807, 2.05) is 6.92 Å². The maximum Gasteiger partial charge on any atom is 0.253 e. The van der Waals surface area contributed by atoms with Gasteiger partial charge < -0.3 is 5.32 Å². The SMILES string of the molecule is CC(NC(=O)c1cc(S(=O)(=O)N2CCCCCC2)ccc1Cl)c1ccc2c(c1)CCCC2. The number of fused-ring (bicyclic) bond motifs is 1. The molecule has 1 N–H and O–H groups in total. The van der Waals surface area contributed by atoms with Gasteiger partial charge in [-0.3, -0.25) is 4.79 Å². The second kappa shape index (κ2) is 9.94. The molecular weight excluding hydrogens is 444 g/mol. The zero-order chi connectivity index (χ0) is 22.7. The molecular formula is C25H31ClN2O3S. The van der Waals surface area contributed by atoms with Crippen LogP contribution < -0.4 is 5.32 Å². The molecule has 1 saturated heterocycles. The normalized spacial score (nSPS) is 18.4. The Balaban J connectivity index is 1.53. The third-order valence-electron chi connectivity index (χ3n) is 6.61. The quantitative estimate of drug-likeness (QED) is 0.641. The Kier molecular flexibility index (Phi) is 7.23. The lowest BCUT2D eigenvalue weighted by Gasteiger charge is -2.21. The number of rotatable bonds is 5. The van der Waals surface area contributed by atoms with Crippen LogP contribution in [-0.4, -0.2) is 31.7 Å². The van der Waals surface area contributed by atoms with Crippen LogP contribution in [0.25, 0.3) is 0 Å². The van der Waals surface area contributed by atoms with Crippen LogP contribution in [0.1, 0.15) is 78.5 Å². The number of sulfonamides is 1. The summed E-state index contributed by atoms with van der Waals surface area (Å²) in [5.74, 6) is -0.367. The Labute approximate surface area is 196 Å². The Morgan fingerprint density at radius 2 is 1.62 bits per heavy atom. The van der Waals surface area contributed by atoms with Crippen LogP contribution in [-0.2, 0) is 22.9 Å². The minimum Gasteiger partial charge on any atom is -0.345 e. The number of nitrogens with zero attached hydrogens (tertiary/aromatic N) is 1. The summed E-state index contributed by atoms with van der Waals surface area (Å²) in [6.07, 6.45) is 8.42. The maximum atomic E-state index is 13.2. The van der Waals surface area contributed by atoms with Gasteiger partial charge in [-0.1, -0.05) is 42.6 Å². The zero-order valence-corrected chi connectivity index (χ0v) is 20.1. The molecule has 0 saturated carbocycles. The van der Waals surface area contributed by atoms with Gasteiger partial charge in [0.05, 0.1) is 21.5 Å². The number of carbonyl (C=O) groups excluding carboxylic acids is 1.